The molecule has 0 aliphatic carbocycles. The average Bonchev–Trinajstić information content (AvgIpc) is 2.63. The summed E-state index contributed by atoms with van der Waals surface area (Å²) in [5.74, 6) is 0.118. The lowest BCUT2D eigenvalue weighted by molar-refractivity contribution is -0.133. The van der Waals surface area contributed by atoms with Crippen molar-refractivity contribution in [3.8, 4) is 5.75 Å². The molecule has 0 aromatic heterocycles. The molecule has 2 aromatic rings. The molecule has 0 unspecified atom stereocenters. The van der Waals surface area contributed by atoms with E-state index >= 15 is 0 Å². The fraction of sp³-hybridized carbons (Fsp3) is 0.300. The first-order valence-electron chi connectivity index (χ1n) is 8.50. The van der Waals surface area contributed by atoms with Gasteiger partial charge in [0.05, 0.1) is 20.1 Å². The molecule has 5 nitrogen and oxygen atoms in total. The van der Waals surface area contributed by atoms with Crippen LogP contribution in [-0.2, 0) is 16.0 Å². The standard InChI is InChI=1S/C20H22Cl2N2O3/c1-4-24(12-19(25)23-17-11-16(22)6-5-13(17)2)20(26)10-14-9-15(21)7-8-18(14)27-3/h5-9,11H,4,10,12H2,1-3H3,(H,23,25). The SMILES string of the molecule is CCN(CC(=O)Nc1cc(Cl)ccc1C)C(=O)Cc1cc(Cl)ccc1OC. The van der Waals surface area contributed by atoms with E-state index in [0.29, 0.717) is 33.6 Å². The van der Waals surface area contributed by atoms with E-state index in [1.54, 1.807) is 30.3 Å². The zero-order valence-corrected chi connectivity index (χ0v) is 17.0. The van der Waals surface area contributed by atoms with Crippen LogP contribution in [-0.4, -0.2) is 36.9 Å². The number of aryl methyl sites for hydroxylation is 1. The number of nitrogens with one attached hydrogen (secondary N) is 1. The molecule has 1 N–H and O–H groups in total. The minimum atomic E-state index is -0.284. The minimum absolute atomic E-state index is 0.0514. The molecule has 0 radical (unpaired) electrons. The van der Waals surface area contributed by atoms with E-state index in [2.05, 4.69) is 5.32 Å². The summed E-state index contributed by atoms with van der Waals surface area (Å²) in [4.78, 5) is 26.5. The average molecular weight is 409 g/mol. The van der Waals surface area contributed by atoms with Crippen LogP contribution in [0.3, 0.4) is 0 Å². The normalized spacial score (nSPS) is 10.4. The summed E-state index contributed by atoms with van der Waals surface area (Å²) in [6, 6.07) is 10.4. The van der Waals surface area contributed by atoms with Crippen molar-refractivity contribution in [2.24, 2.45) is 0 Å². The molecule has 144 valence electrons. The van der Waals surface area contributed by atoms with Gasteiger partial charge in [-0.1, -0.05) is 29.3 Å². The van der Waals surface area contributed by atoms with Crippen molar-refractivity contribution in [3.63, 3.8) is 0 Å². The number of amides is 2. The highest BCUT2D eigenvalue weighted by Crippen LogP contribution is 2.24. The van der Waals surface area contributed by atoms with E-state index in [1.165, 1.54) is 12.0 Å². The molecule has 0 saturated carbocycles. The van der Waals surface area contributed by atoms with E-state index in [0.717, 1.165) is 5.56 Å². The number of carbonyl (C=O) groups excluding carboxylic acids is 2. The number of likely N-dealkylation sites (N-methyl/N-ethyl adjacent to an activating group) is 1. The monoisotopic (exact) mass is 408 g/mol. The van der Waals surface area contributed by atoms with Gasteiger partial charge in [0.2, 0.25) is 11.8 Å². The number of benzene rings is 2. The number of rotatable bonds is 7. The molecule has 0 aliphatic heterocycles. The highest BCUT2D eigenvalue weighted by atomic mass is 35.5. The lowest BCUT2D eigenvalue weighted by atomic mass is 10.1. The minimum Gasteiger partial charge on any atom is -0.496 e. The van der Waals surface area contributed by atoms with E-state index < -0.39 is 0 Å². The Labute approximate surface area is 169 Å². The third kappa shape index (κ3) is 5.88. The summed E-state index contributed by atoms with van der Waals surface area (Å²) >= 11 is 12.0. The fourth-order valence-electron chi connectivity index (χ4n) is 2.63. The number of halogens is 2. The summed E-state index contributed by atoms with van der Waals surface area (Å²) in [5, 5.41) is 3.86. The van der Waals surface area contributed by atoms with Crippen LogP contribution < -0.4 is 10.1 Å². The van der Waals surface area contributed by atoms with Gasteiger partial charge in [-0.3, -0.25) is 9.59 Å². The van der Waals surface area contributed by atoms with Crippen molar-refractivity contribution in [3.05, 3.63) is 57.6 Å². The van der Waals surface area contributed by atoms with Gasteiger partial charge in [-0.2, -0.15) is 0 Å². The molecule has 2 amide bonds. The number of hydrogen-bond acceptors (Lipinski definition) is 3. The number of nitrogens with zero attached hydrogens (tertiary/aromatic N) is 1. The Hall–Kier alpha value is -2.24. The number of hydrogen-bond donors (Lipinski definition) is 1. The zero-order valence-electron chi connectivity index (χ0n) is 15.5. The topological polar surface area (TPSA) is 58.6 Å². The van der Waals surface area contributed by atoms with Crippen LogP contribution in [0.15, 0.2) is 36.4 Å². The van der Waals surface area contributed by atoms with E-state index in [4.69, 9.17) is 27.9 Å². The second kappa shape index (κ2) is 9.62. The molecule has 2 aromatic carbocycles. The Morgan fingerprint density at radius 1 is 1.11 bits per heavy atom. The third-order valence-electron chi connectivity index (χ3n) is 4.13. The van der Waals surface area contributed by atoms with Crippen molar-refractivity contribution < 1.29 is 14.3 Å². The highest BCUT2D eigenvalue weighted by Gasteiger charge is 2.18. The smallest absolute Gasteiger partial charge is 0.244 e. The maximum Gasteiger partial charge on any atom is 0.244 e. The molecule has 0 saturated heterocycles. The van der Waals surface area contributed by atoms with Crippen LogP contribution in [0.5, 0.6) is 5.75 Å². The van der Waals surface area contributed by atoms with Gasteiger partial charge >= 0.3 is 0 Å². The first-order valence-corrected chi connectivity index (χ1v) is 9.25. The molecular weight excluding hydrogens is 387 g/mol. The number of methoxy groups -OCH3 is 1. The molecule has 0 fully saturated rings. The van der Waals surface area contributed by atoms with Gasteiger partial charge < -0.3 is 15.0 Å². The quantitative estimate of drug-likeness (QED) is 0.740. The molecular formula is C20H22Cl2N2O3. The van der Waals surface area contributed by atoms with Crippen molar-refractivity contribution in [2.75, 3.05) is 25.5 Å². The van der Waals surface area contributed by atoms with Gasteiger partial charge in [-0.15, -0.1) is 0 Å². The lowest BCUT2D eigenvalue weighted by Gasteiger charge is -2.21. The molecule has 7 heteroatoms. The van der Waals surface area contributed by atoms with Gasteiger partial charge in [0.1, 0.15) is 5.75 Å². The van der Waals surface area contributed by atoms with Gasteiger partial charge in [0.25, 0.3) is 0 Å². The van der Waals surface area contributed by atoms with Gasteiger partial charge in [-0.05, 0) is 49.7 Å². The van der Waals surface area contributed by atoms with Crippen LogP contribution in [0.4, 0.5) is 5.69 Å². The van der Waals surface area contributed by atoms with Crippen molar-refractivity contribution >= 4 is 40.7 Å². The summed E-state index contributed by atoms with van der Waals surface area (Å²) in [6.45, 7) is 4.05. The molecule has 0 aliphatic rings. The molecule has 0 atom stereocenters. The second-order valence-corrected chi connectivity index (χ2v) is 6.92. The third-order valence-corrected chi connectivity index (χ3v) is 4.60. The van der Waals surface area contributed by atoms with E-state index in [-0.39, 0.29) is 24.8 Å². The lowest BCUT2D eigenvalue weighted by Crippen LogP contribution is -2.38. The van der Waals surface area contributed by atoms with Crippen molar-refractivity contribution in [1.29, 1.82) is 0 Å². The summed E-state index contributed by atoms with van der Waals surface area (Å²) in [7, 11) is 1.54. The second-order valence-electron chi connectivity index (χ2n) is 6.05. The van der Waals surface area contributed by atoms with Crippen LogP contribution >= 0.6 is 23.2 Å². The van der Waals surface area contributed by atoms with E-state index in [1.807, 2.05) is 19.9 Å². The van der Waals surface area contributed by atoms with Gasteiger partial charge in [-0.25, -0.2) is 0 Å². The van der Waals surface area contributed by atoms with Crippen LogP contribution in [0, 0.1) is 6.92 Å². The highest BCUT2D eigenvalue weighted by molar-refractivity contribution is 6.31. The number of ether oxygens (including phenoxy) is 1. The molecule has 0 spiro atoms. The number of anilines is 1. The van der Waals surface area contributed by atoms with Crippen LogP contribution in [0.1, 0.15) is 18.1 Å². The maximum absolute atomic E-state index is 12.7. The Bertz CT molecular complexity index is 840. The first kappa shape index (κ1) is 21.1. The Balaban J connectivity index is 2.05. The zero-order chi connectivity index (χ0) is 20.0. The summed E-state index contributed by atoms with van der Waals surface area (Å²) < 4.78 is 5.28. The van der Waals surface area contributed by atoms with Gasteiger partial charge in [0.15, 0.2) is 0 Å². The molecule has 0 heterocycles. The maximum atomic E-state index is 12.7. The molecule has 27 heavy (non-hydrogen) atoms. The van der Waals surface area contributed by atoms with E-state index in [9.17, 15) is 9.59 Å². The van der Waals surface area contributed by atoms with Crippen molar-refractivity contribution in [2.45, 2.75) is 20.3 Å². The summed E-state index contributed by atoms with van der Waals surface area (Å²) in [5.41, 5.74) is 2.21. The molecule has 2 rings (SSSR count). The fourth-order valence-corrected chi connectivity index (χ4v) is 3.00. The Kier molecular flexibility index (Phi) is 7.51. The molecule has 0 bridgehead atoms. The van der Waals surface area contributed by atoms with Gasteiger partial charge in [0, 0.05) is 27.8 Å². The van der Waals surface area contributed by atoms with Crippen LogP contribution in [0.2, 0.25) is 10.0 Å². The van der Waals surface area contributed by atoms with Crippen LogP contribution in [0.25, 0.3) is 0 Å². The number of carbonyl (C=O) groups is 2. The Morgan fingerprint density at radius 3 is 2.44 bits per heavy atom. The largest absolute Gasteiger partial charge is 0.496 e. The Morgan fingerprint density at radius 2 is 1.78 bits per heavy atom. The first-order chi connectivity index (χ1) is 12.8. The predicted octanol–water partition coefficient (Wildman–Crippen LogP) is 4.34. The predicted molar refractivity (Wildman–Crippen MR) is 109 cm³/mol. The summed E-state index contributed by atoms with van der Waals surface area (Å²) in [6.07, 6.45) is 0.0983. The van der Waals surface area contributed by atoms with Crippen molar-refractivity contribution in [1.82, 2.24) is 4.90 Å².